The number of likely N-dealkylation sites (tertiary alicyclic amines) is 1. The number of nitrogens with zero attached hydrogens (tertiary/aromatic N) is 3. The van der Waals surface area contributed by atoms with Crippen LogP contribution in [0.4, 0.5) is 0 Å². The predicted molar refractivity (Wildman–Crippen MR) is 108 cm³/mol. The highest BCUT2D eigenvalue weighted by Gasteiger charge is 2.25. The molecule has 1 fully saturated rings. The van der Waals surface area contributed by atoms with Gasteiger partial charge in [0.2, 0.25) is 0 Å². The second kappa shape index (κ2) is 7.10. The number of thiophene rings is 1. The van der Waals surface area contributed by atoms with Gasteiger partial charge in [-0.15, -0.1) is 22.7 Å². The molecular formula is C19H20N4O2S2. The third-order valence-electron chi connectivity index (χ3n) is 5.12. The molecule has 1 amide bonds. The smallest absolute Gasteiger partial charge is 0.261 e. The Kier molecular flexibility index (Phi) is 4.47. The highest BCUT2D eigenvalue weighted by Crippen LogP contribution is 2.29. The van der Waals surface area contributed by atoms with Crippen LogP contribution in [0.3, 0.4) is 0 Å². The molecule has 140 valence electrons. The number of carbonyl (C=O) groups excluding carboxylic acids is 1. The molecule has 0 aliphatic carbocycles. The third-order valence-corrected chi connectivity index (χ3v) is 6.90. The number of thiazole rings is 1. The van der Waals surface area contributed by atoms with Gasteiger partial charge < -0.3 is 9.73 Å². The highest BCUT2D eigenvalue weighted by molar-refractivity contribution is 7.21. The Morgan fingerprint density at radius 3 is 3.04 bits per heavy atom. The number of imidazole rings is 1. The van der Waals surface area contributed by atoms with Crippen LogP contribution >= 0.6 is 22.7 Å². The van der Waals surface area contributed by atoms with E-state index < -0.39 is 0 Å². The molecule has 8 heteroatoms. The monoisotopic (exact) mass is 400 g/mol. The van der Waals surface area contributed by atoms with Crippen molar-refractivity contribution in [1.29, 1.82) is 0 Å². The maximum atomic E-state index is 12.8. The van der Waals surface area contributed by atoms with Crippen molar-refractivity contribution in [3.8, 4) is 0 Å². The summed E-state index contributed by atoms with van der Waals surface area (Å²) >= 11 is 3.05. The fraction of sp³-hybridized carbons (Fsp3) is 0.368. The number of aromatic nitrogens is 2. The number of carbonyl (C=O) groups is 1. The lowest BCUT2D eigenvalue weighted by atomic mass is 10.1. The Bertz CT molecular complexity index is 1060. The molecule has 27 heavy (non-hydrogen) atoms. The molecule has 0 saturated carbocycles. The summed E-state index contributed by atoms with van der Waals surface area (Å²) in [6.07, 6.45) is 7.37. The molecule has 0 bridgehead atoms. The van der Waals surface area contributed by atoms with Gasteiger partial charge in [0.05, 0.1) is 22.7 Å². The maximum Gasteiger partial charge on any atom is 0.261 e. The molecule has 5 heterocycles. The van der Waals surface area contributed by atoms with Crippen LogP contribution in [-0.4, -0.2) is 39.8 Å². The molecule has 1 atom stereocenters. The second-order valence-corrected chi connectivity index (χ2v) is 8.71. The van der Waals surface area contributed by atoms with Gasteiger partial charge in [0, 0.05) is 18.1 Å². The van der Waals surface area contributed by atoms with Crippen LogP contribution in [0.2, 0.25) is 0 Å². The van der Waals surface area contributed by atoms with Crippen LogP contribution in [-0.2, 0) is 0 Å². The van der Waals surface area contributed by atoms with Gasteiger partial charge in [0.15, 0.2) is 4.96 Å². The van der Waals surface area contributed by atoms with Crippen LogP contribution in [0, 0.1) is 0 Å². The van der Waals surface area contributed by atoms with E-state index in [0.717, 1.165) is 34.2 Å². The molecule has 1 unspecified atom stereocenters. The minimum Gasteiger partial charge on any atom is -0.468 e. The normalized spacial score (nSPS) is 16.9. The molecule has 6 nitrogen and oxygen atoms in total. The molecule has 1 aliphatic rings. The largest absolute Gasteiger partial charge is 0.468 e. The Hall–Kier alpha value is -2.16. The molecule has 1 aliphatic heterocycles. The van der Waals surface area contributed by atoms with Crippen LogP contribution in [0.5, 0.6) is 0 Å². The predicted octanol–water partition coefficient (Wildman–Crippen LogP) is 4.16. The van der Waals surface area contributed by atoms with E-state index in [9.17, 15) is 4.79 Å². The lowest BCUT2D eigenvalue weighted by Crippen LogP contribution is -2.40. The average Bonchev–Trinajstić information content (AvgIpc) is 3.45. The Morgan fingerprint density at radius 2 is 2.22 bits per heavy atom. The van der Waals surface area contributed by atoms with Gasteiger partial charge in [-0.3, -0.25) is 14.1 Å². The fourth-order valence-corrected chi connectivity index (χ4v) is 5.47. The number of hydrogen-bond acceptors (Lipinski definition) is 6. The Morgan fingerprint density at radius 1 is 1.33 bits per heavy atom. The first-order chi connectivity index (χ1) is 13.3. The van der Waals surface area contributed by atoms with Crippen molar-refractivity contribution in [3.05, 3.63) is 46.7 Å². The van der Waals surface area contributed by atoms with E-state index >= 15 is 0 Å². The van der Waals surface area contributed by atoms with Gasteiger partial charge in [-0.25, -0.2) is 4.98 Å². The van der Waals surface area contributed by atoms with Crippen LogP contribution in [0.25, 0.3) is 15.3 Å². The molecular weight excluding hydrogens is 380 g/mol. The quantitative estimate of drug-likeness (QED) is 0.546. The summed E-state index contributed by atoms with van der Waals surface area (Å²) in [5.74, 6) is 0.870. The van der Waals surface area contributed by atoms with E-state index in [1.165, 1.54) is 30.6 Å². The second-order valence-electron chi connectivity index (χ2n) is 6.81. The summed E-state index contributed by atoms with van der Waals surface area (Å²) in [5.41, 5.74) is 1.00. The molecule has 1 saturated heterocycles. The van der Waals surface area contributed by atoms with Crippen LogP contribution < -0.4 is 5.32 Å². The van der Waals surface area contributed by atoms with Crippen molar-refractivity contribution >= 4 is 43.9 Å². The number of amides is 1. The van der Waals surface area contributed by atoms with E-state index in [0.29, 0.717) is 11.4 Å². The topological polar surface area (TPSA) is 62.8 Å². The Balaban J connectivity index is 1.33. The average molecular weight is 401 g/mol. The number of fused-ring (bicyclic) bond motifs is 3. The standard InChI is InChI=1S/C19H20N4O2S2/c24-17(16-11-13-18(27-16)21-19-23(13)8-10-26-19)20-12-14(15-5-4-9-25-15)22-6-2-1-3-7-22/h4-5,8-11,14H,1-3,6-7,12H2,(H,20,24). The van der Waals surface area contributed by atoms with Crippen LogP contribution in [0.15, 0.2) is 40.5 Å². The van der Waals surface area contributed by atoms with Crippen molar-refractivity contribution in [2.75, 3.05) is 19.6 Å². The van der Waals surface area contributed by atoms with Crippen molar-refractivity contribution in [3.63, 3.8) is 0 Å². The number of nitrogens with one attached hydrogen (secondary N) is 1. The lowest BCUT2D eigenvalue weighted by molar-refractivity contribution is 0.0918. The van der Waals surface area contributed by atoms with Gasteiger partial charge in [-0.2, -0.15) is 0 Å². The summed E-state index contributed by atoms with van der Waals surface area (Å²) in [6, 6.07) is 5.93. The molecule has 0 spiro atoms. The van der Waals surface area contributed by atoms with Gasteiger partial charge in [-0.05, 0) is 44.1 Å². The van der Waals surface area contributed by atoms with E-state index in [4.69, 9.17) is 4.42 Å². The summed E-state index contributed by atoms with van der Waals surface area (Å²) in [6.45, 7) is 2.64. The molecule has 1 N–H and O–H groups in total. The number of furan rings is 1. The van der Waals surface area contributed by atoms with Crippen molar-refractivity contribution < 1.29 is 9.21 Å². The molecule has 4 aromatic rings. The van der Waals surface area contributed by atoms with E-state index in [2.05, 4.69) is 15.2 Å². The van der Waals surface area contributed by atoms with E-state index in [1.807, 2.05) is 34.2 Å². The van der Waals surface area contributed by atoms with Gasteiger partial charge >= 0.3 is 0 Å². The third kappa shape index (κ3) is 3.18. The van der Waals surface area contributed by atoms with Crippen molar-refractivity contribution in [2.45, 2.75) is 25.3 Å². The highest BCUT2D eigenvalue weighted by atomic mass is 32.1. The summed E-state index contributed by atoms with van der Waals surface area (Å²) < 4.78 is 7.69. The van der Waals surface area contributed by atoms with Gasteiger partial charge in [-0.1, -0.05) is 6.42 Å². The number of hydrogen-bond donors (Lipinski definition) is 1. The molecule has 4 aromatic heterocycles. The first-order valence-corrected chi connectivity index (χ1v) is 10.9. The molecule has 0 aromatic carbocycles. The fourth-order valence-electron chi connectivity index (χ4n) is 3.76. The van der Waals surface area contributed by atoms with E-state index in [-0.39, 0.29) is 11.9 Å². The number of piperidine rings is 1. The first kappa shape index (κ1) is 17.0. The summed E-state index contributed by atoms with van der Waals surface area (Å²) in [5, 5.41) is 5.12. The zero-order valence-corrected chi connectivity index (χ0v) is 16.4. The van der Waals surface area contributed by atoms with E-state index in [1.54, 1.807) is 17.6 Å². The van der Waals surface area contributed by atoms with Crippen LogP contribution in [0.1, 0.15) is 40.7 Å². The molecule has 0 radical (unpaired) electrons. The van der Waals surface area contributed by atoms with Gasteiger partial charge in [0.25, 0.3) is 5.91 Å². The lowest BCUT2D eigenvalue weighted by Gasteiger charge is -2.33. The zero-order chi connectivity index (χ0) is 18.2. The molecule has 5 rings (SSSR count). The van der Waals surface area contributed by atoms with Crippen molar-refractivity contribution in [1.82, 2.24) is 19.6 Å². The number of rotatable bonds is 5. The van der Waals surface area contributed by atoms with Gasteiger partial charge in [0.1, 0.15) is 10.6 Å². The maximum absolute atomic E-state index is 12.8. The minimum absolute atomic E-state index is 0.0458. The SMILES string of the molecule is O=C(NCC(c1ccco1)N1CCCCC1)c1cc2c(nc3sccn32)s1. The Labute approximate surface area is 164 Å². The first-order valence-electron chi connectivity index (χ1n) is 9.20. The van der Waals surface area contributed by atoms with Crippen molar-refractivity contribution in [2.24, 2.45) is 0 Å². The summed E-state index contributed by atoms with van der Waals surface area (Å²) in [4.78, 5) is 22.3. The summed E-state index contributed by atoms with van der Waals surface area (Å²) in [7, 11) is 0. The minimum atomic E-state index is -0.0458. The zero-order valence-electron chi connectivity index (χ0n) is 14.8.